The van der Waals surface area contributed by atoms with Gasteiger partial charge in [-0.2, -0.15) is 0 Å². The predicted molar refractivity (Wildman–Crippen MR) is 56.7 cm³/mol. The Kier molecular flexibility index (Phi) is 2.36. The van der Waals surface area contributed by atoms with E-state index < -0.39 is 0 Å². The van der Waals surface area contributed by atoms with Gasteiger partial charge in [0.15, 0.2) is 0 Å². The van der Waals surface area contributed by atoms with Crippen molar-refractivity contribution in [3.8, 4) is 5.75 Å². The van der Waals surface area contributed by atoms with Gasteiger partial charge in [0.05, 0.1) is 0 Å². The van der Waals surface area contributed by atoms with Gasteiger partial charge >= 0.3 is 0 Å². The highest BCUT2D eigenvalue weighted by Gasteiger charge is 1.94. The van der Waals surface area contributed by atoms with Crippen molar-refractivity contribution in [2.24, 2.45) is 0 Å². The Hall–Kier alpha value is -1.96. The van der Waals surface area contributed by atoms with Crippen LogP contribution in [0.5, 0.6) is 5.75 Å². The number of nitrogens with one attached hydrogen (secondary N) is 1. The van der Waals surface area contributed by atoms with Gasteiger partial charge in [-0.25, -0.2) is 0 Å². The van der Waals surface area contributed by atoms with E-state index in [0.717, 1.165) is 11.4 Å². The number of rotatable bonds is 2. The number of hydrogen-bond acceptors (Lipinski definition) is 2. The van der Waals surface area contributed by atoms with E-state index in [-0.39, 0.29) is 5.75 Å². The van der Waals surface area contributed by atoms with Gasteiger partial charge in [-0.05, 0) is 24.3 Å². The van der Waals surface area contributed by atoms with Crippen LogP contribution in [0, 0.1) is 6.07 Å². The first-order chi connectivity index (χ1) is 6.84. The third kappa shape index (κ3) is 2.04. The highest BCUT2D eigenvalue weighted by atomic mass is 16.3. The van der Waals surface area contributed by atoms with Crippen molar-refractivity contribution in [2.75, 3.05) is 5.32 Å². The predicted octanol–water partition coefficient (Wildman–Crippen LogP) is 2.94. The van der Waals surface area contributed by atoms with E-state index in [1.54, 1.807) is 12.1 Å². The van der Waals surface area contributed by atoms with Crippen molar-refractivity contribution in [2.45, 2.75) is 0 Å². The monoisotopic (exact) mass is 184 g/mol. The van der Waals surface area contributed by atoms with Gasteiger partial charge in [0.25, 0.3) is 0 Å². The Morgan fingerprint density at radius 2 is 1.79 bits per heavy atom. The topological polar surface area (TPSA) is 32.3 Å². The fourth-order valence-corrected chi connectivity index (χ4v) is 1.22. The summed E-state index contributed by atoms with van der Waals surface area (Å²) in [6.45, 7) is 0. The van der Waals surface area contributed by atoms with Crippen LogP contribution in [0.25, 0.3) is 0 Å². The molecule has 0 saturated heterocycles. The van der Waals surface area contributed by atoms with E-state index >= 15 is 0 Å². The Morgan fingerprint density at radius 1 is 1.00 bits per heavy atom. The van der Waals surface area contributed by atoms with Crippen molar-refractivity contribution < 1.29 is 5.11 Å². The van der Waals surface area contributed by atoms with Crippen molar-refractivity contribution in [3.05, 3.63) is 54.6 Å². The van der Waals surface area contributed by atoms with E-state index in [9.17, 15) is 5.11 Å². The number of aromatic hydroxyl groups is 1. The molecule has 2 aromatic carbocycles. The molecule has 0 unspecified atom stereocenters. The average molecular weight is 184 g/mol. The van der Waals surface area contributed by atoms with Crippen LogP contribution in [0.3, 0.4) is 0 Å². The third-order valence-electron chi connectivity index (χ3n) is 1.85. The van der Waals surface area contributed by atoms with Crippen LogP contribution in [-0.2, 0) is 0 Å². The lowest BCUT2D eigenvalue weighted by atomic mass is 10.2. The molecule has 0 amide bonds. The van der Waals surface area contributed by atoms with Crippen molar-refractivity contribution in [1.82, 2.24) is 0 Å². The van der Waals surface area contributed by atoms with Gasteiger partial charge in [-0.1, -0.05) is 18.2 Å². The average Bonchev–Trinajstić information content (AvgIpc) is 2.19. The zero-order valence-electron chi connectivity index (χ0n) is 7.57. The first kappa shape index (κ1) is 8.63. The molecule has 2 heteroatoms. The second-order valence-electron chi connectivity index (χ2n) is 2.95. The third-order valence-corrected chi connectivity index (χ3v) is 1.85. The molecule has 2 aromatic rings. The van der Waals surface area contributed by atoms with Gasteiger partial charge < -0.3 is 10.4 Å². The number of phenols is 1. The molecule has 0 heterocycles. The summed E-state index contributed by atoms with van der Waals surface area (Å²) in [5, 5.41) is 12.4. The maximum atomic E-state index is 9.20. The normalized spacial score (nSPS) is 9.71. The largest absolute Gasteiger partial charge is 0.507 e. The summed E-state index contributed by atoms with van der Waals surface area (Å²) in [6.07, 6.45) is 0. The lowest BCUT2D eigenvalue weighted by molar-refractivity contribution is 0.474. The quantitative estimate of drug-likeness (QED) is 0.752. The summed E-state index contributed by atoms with van der Waals surface area (Å²) in [5.41, 5.74) is 1.85. The summed E-state index contributed by atoms with van der Waals surface area (Å²) < 4.78 is 0. The molecule has 0 aliphatic heterocycles. The summed E-state index contributed by atoms with van der Waals surface area (Å²) >= 11 is 0. The molecule has 69 valence electrons. The van der Waals surface area contributed by atoms with Crippen molar-refractivity contribution in [1.29, 1.82) is 0 Å². The maximum absolute atomic E-state index is 9.20. The fraction of sp³-hybridized carbons (Fsp3) is 0. The van der Waals surface area contributed by atoms with E-state index in [1.165, 1.54) is 0 Å². The number of anilines is 2. The van der Waals surface area contributed by atoms with Crippen LogP contribution in [0.1, 0.15) is 0 Å². The van der Waals surface area contributed by atoms with Crippen molar-refractivity contribution in [3.63, 3.8) is 0 Å². The van der Waals surface area contributed by atoms with Crippen LogP contribution < -0.4 is 5.32 Å². The molecule has 0 spiro atoms. The Balaban J connectivity index is 2.19. The molecule has 2 nitrogen and oxygen atoms in total. The SMILES string of the molecule is Oc1[c]ccc(Nc2ccccc2)c1. The first-order valence-electron chi connectivity index (χ1n) is 4.37. The standard InChI is InChI=1S/C12H10NO/c14-12-8-4-7-11(9-12)13-10-5-2-1-3-6-10/h1-7,9,13-14H. The highest BCUT2D eigenvalue weighted by molar-refractivity contribution is 5.60. The molecule has 0 aliphatic rings. The maximum Gasteiger partial charge on any atom is 0.125 e. The smallest absolute Gasteiger partial charge is 0.125 e. The van der Waals surface area contributed by atoms with E-state index in [2.05, 4.69) is 11.4 Å². The Labute approximate surface area is 82.8 Å². The molecular formula is C12H10NO. The summed E-state index contributed by atoms with van der Waals surface area (Å²) in [6, 6.07) is 17.6. The lowest BCUT2D eigenvalue weighted by Gasteiger charge is -2.05. The fourth-order valence-electron chi connectivity index (χ4n) is 1.22. The molecule has 0 fully saturated rings. The zero-order chi connectivity index (χ0) is 9.80. The molecule has 1 radical (unpaired) electrons. The van der Waals surface area contributed by atoms with Crippen LogP contribution >= 0.6 is 0 Å². The molecule has 14 heavy (non-hydrogen) atoms. The van der Waals surface area contributed by atoms with Crippen LogP contribution in [-0.4, -0.2) is 5.11 Å². The molecule has 2 N–H and O–H groups in total. The molecular weight excluding hydrogens is 174 g/mol. The van der Waals surface area contributed by atoms with Crippen LogP contribution in [0.2, 0.25) is 0 Å². The minimum atomic E-state index is 0.144. The lowest BCUT2D eigenvalue weighted by Crippen LogP contribution is -1.88. The van der Waals surface area contributed by atoms with Gasteiger partial charge in [-0.3, -0.25) is 0 Å². The van der Waals surface area contributed by atoms with E-state index in [0.29, 0.717) is 0 Å². The molecule has 2 rings (SSSR count). The molecule has 0 aromatic heterocycles. The highest BCUT2D eigenvalue weighted by Crippen LogP contribution is 2.19. The summed E-state index contributed by atoms with van der Waals surface area (Å²) in [4.78, 5) is 0. The molecule has 0 bridgehead atoms. The van der Waals surface area contributed by atoms with Crippen molar-refractivity contribution >= 4 is 11.4 Å². The Bertz CT molecular complexity index is 412. The number of benzene rings is 2. The summed E-state index contributed by atoms with van der Waals surface area (Å²) in [5.74, 6) is 0.144. The minimum absolute atomic E-state index is 0.144. The molecule has 0 atom stereocenters. The van der Waals surface area contributed by atoms with Gasteiger partial charge in [0.1, 0.15) is 5.75 Å². The zero-order valence-corrected chi connectivity index (χ0v) is 7.57. The first-order valence-corrected chi connectivity index (χ1v) is 4.37. The molecule has 0 aliphatic carbocycles. The van der Waals surface area contributed by atoms with Gasteiger partial charge in [-0.15, -0.1) is 0 Å². The van der Waals surface area contributed by atoms with Gasteiger partial charge in [0, 0.05) is 23.5 Å². The van der Waals surface area contributed by atoms with Gasteiger partial charge in [0.2, 0.25) is 0 Å². The number of hydrogen-bond donors (Lipinski definition) is 2. The molecule has 0 saturated carbocycles. The second kappa shape index (κ2) is 3.83. The van der Waals surface area contributed by atoms with Crippen LogP contribution in [0.4, 0.5) is 11.4 Å². The second-order valence-corrected chi connectivity index (χ2v) is 2.95. The summed E-state index contributed by atoms with van der Waals surface area (Å²) in [7, 11) is 0. The minimum Gasteiger partial charge on any atom is -0.507 e. The van der Waals surface area contributed by atoms with Crippen LogP contribution in [0.15, 0.2) is 48.5 Å². The van der Waals surface area contributed by atoms with E-state index in [4.69, 9.17) is 0 Å². The number of para-hydroxylation sites is 1. The Morgan fingerprint density at radius 3 is 2.50 bits per heavy atom. The number of phenolic OH excluding ortho intramolecular Hbond substituents is 1. The van der Waals surface area contributed by atoms with E-state index in [1.807, 2.05) is 36.4 Å².